The fraction of sp³-hybridized carbons (Fsp3) is 0.667. The molecule has 6 heteroatoms. The van der Waals surface area contributed by atoms with Crippen LogP contribution in [0.2, 0.25) is 0 Å². The maximum Gasteiger partial charge on any atom is 0.228 e. The molecule has 0 N–H and O–H groups in total. The molecule has 148 valence electrons. The lowest BCUT2D eigenvalue weighted by molar-refractivity contribution is -0.149. The third kappa shape index (κ3) is 4.49. The summed E-state index contributed by atoms with van der Waals surface area (Å²) in [6, 6.07) is 3.68. The molecule has 0 aromatic carbocycles. The summed E-state index contributed by atoms with van der Waals surface area (Å²) >= 11 is 0. The molecule has 2 unspecified atom stereocenters. The predicted molar refractivity (Wildman–Crippen MR) is 105 cm³/mol. The normalized spacial score (nSPS) is 24.5. The minimum absolute atomic E-state index is 0.150. The van der Waals surface area contributed by atoms with Gasteiger partial charge in [-0.05, 0) is 30.5 Å². The number of carbonyl (C=O) groups is 2. The van der Waals surface area contributed by atoms with E-state index < -0.39 is 0 Å². The zero-order valence-electron chi connectivity index (χ0n) is 16.8. The van der Waals surface area contributed by atoms with Crippen LogP contribution in [0.25, 0.3) is 0 Å². The fourth-order valence-electron chi connectivity index (χ4n) is 4.30. The number of piperidine rings is 1. The van der Waals surface area contributed by atoms with Crippen LogP contribution in [-0.2, 0) is 9.59 Å². The fourth-order valence-corrected chi connectivity index (χ4v) is 4.30. The van der Waals surface area contributed by atoms with Crippen molar-refractivity contribution in [3.63, 3.8) is 0 Å². The third-order valence-corrected chi connectivity index (χ3v) is 5.74. The highest BCUT2D eigenvalue weighted by Crippen LogP contribution is 2.38. The topological polar surface area (TPSA) is 56.8 Å². The third-order valence-electron chi connectivity index (χ3n) is 5.74. The van der Waals surface area contributed by atoms with Gasteiger partial charge in [0.2, 0.25) is 11.8 Å². The molecule has 0 radical (unpaired) electrons. The van der Waals surface area contributed by atoms with E-state index in [1.807, 2.05) is 28.1 Å². The van der Waals surface area contributed by atoms with Gasteiger partial charge < -0.3 is 14.7 Å². The summed E-state index contributed by atoms with van der Waals surface area (Å²) in [5.74, 6) is 0.521. The number of amides is 2. The van der Waals surface area contributed by atoms with Crippen LogP contribution in [0.5, 0.6) is 0 Å². The lowest BCUT2D eigenvalue weighted by Crippen LogP contribution is -2.54. The summed E-state index contributed by atoms with van der Waals surface area (Å²) in [7, 11) is 0. The Hall–Kier alpha value is -1.95. The minimum Gasteiger partial charge on any atom is -0.340 e. The molecule has 0 spiro atoms. The first kappa shape index (κ1) is 19.8. The highest BCUT2D eigenvalue weighted by Gasteiger charge is 2.42. The van der Waals surface area contributed by atoms with E-state index in [9.17, 15) is 9.59 Å². The molecule has 2 amide bonds. The first-order valence-electron chi connectivity index (χ1n) is 10.2. The predicted octanol–water partition coefficient (Wildman–Crippen LogP) is 2.18. The Kier molecular flexibility index (Phi) is 6.47. The van der Waals surface area contributed by atoms with E-state index in [4.69, 9.17) is 0 Å². The number of piperazine rings is 1. The van der Waals surface area contributed by atoms with Gasteiger partial charge in [-0.1, -0.05) is 26.8 Å². The number of aromatic nitrogens is 1. The van der Waals surface area contributed by atoms with Crippen LogP contribution in [0.3, 0.4) is 0 Å². The zero-order valence-corrected chi connectivity index (χ0v) is 16.8. The second kappa shape index (κ2) is 8.83. The molecule has 2 saturated heterocycles. The Bertz CT molecular complexity index is 641. The van der Waals surface area contributed by atoms with Crippen molar-refractivity contribution in [3.8, 4) is 0 Å². The average Bonchev–Trinajstić information content (AvgIpc) is 2.69. The number of likely N-dealkylation sites (N-methyl/N-ethyl adjacent to an activating group) is 1. The van der Waals surface area contributed by atoms with Crippen LogP contribution in [0.1, 0.15) is 45.2 Å². The second-order valence-electron chi connectivity index (χ2n) is 8.08. The van der Waals surface area contributed by atoms with Crippen molar-refractivity contribution in [2.75, 3.05) is 39.3 Å². The van der Waals surface area contributed by atoms with Crippen molar-refractivity contribution in [3.05, 3.63) is 30.1 Å². The Morgan fingerprint density at radius 2 is 2.00 bits per heavy atom. The molecule has 3 heterocycles. The smallest absolute Gasteiger partial charge is 0.228 e. The number of rotatable bonds is 5. The van der Waals surface area contributed by atoms with Crippen molar-refractivity contribution in [1.82, 2.24) is 19.7 Å². The summed E-state index contributed by atoms with van der Waals surface area (Å²) in [6.07, 6.45) is 4.63. The molecule has 0 bridgehead atoms. The van der Waals surface area contributed by atoms with Gasteiger partial charge in [0.25, 0.3) is 0 Å². The Morgan fingerprint density at radius 1 is 1.26 bits per heavy atom. The van der Waals surface area contributed by atoms with Gasteiger partial charge in [-0.25, -0.2) is 0 Å². The summed E-state index contributed by atoms with van der Waals surface area (Å²) < 4.78 is 0. The van der Waals surface area contributed by atoms with E-state index in [1.54, 1.807) is 6.20 Å². The first-order chi connectivity index (χ1) is 13.0. The molecule has 27 heavy (non-hydrogen) atoms. The Morgan fingerprint density at radius 3 is 2.59 bits per heavy atom. The standard InChI is InChI=1S/C21H32N4O2/c1-4-23-10-12-24(13-11-23)21(27)18-7-8-19(26)25(15-16(2)3)20(18)17-6-5-9-22-14-17/h5-6,9,14,16,18,20H,4,7-8,10-13,15H2,1-3H3. The maximum atomic E-state index is 13.4. The van der Waals surface area contributed by atoms with Gasteiger partial charge in [-0.15, -0.1) is 0 Å². The largest absolute Gasteiger partial charge is 0.340 e. The number of hydrogen-bond donors (Lipinski definition) is 0. The lowest BCUT2D eigenvalue weighted by Gasteiger charge is -2.44. The van der Waals surface area contributed by atoms with E-state index in [1.165, 1.54) is 0 Å². The number of carbonyl (C=O) groups excluding carboxylic acids is 2. The molecule has 2 aliphatic heterocycles. The maximum absolute atomic E-state index is 13.4. The summed E-state index contributed by atoms with van der Waals surface area (Å²) in [6.45, 7) is 11.5. The summed E-state index contributed by atoms with van der Waals surface area (Å²) in [5, 5.41) is 0. The van der Waals surface area contributed by atoms with E-state index >= 15 is 0 Å². The van der Waals surface area contributed by atoms with Crippen LogP contribution in [-0.4, -0.2) is 70.8 Å². The Balaban J connectivity index is 1.85. The van der Waals surface area contributed by atoms with Crippen molar-refractivity contribution >= 4 is 11.8 Å². The molecule has 2 fully saturated rings. The van der Waals surface area contributed by atoms with Crippen molar-refractivity contribution in [1.29, 1.82) is 0 Å². The SMILES string of the molecule is CCN1CCN(C(=O)C2CCC(=O)N(CC(C)C)C2c2cccnc2)CC1. The lowest BCUT2D eigenvalue weighted by atomic mass is 9.83. The average molecular weight is 373 g/mol. The summed E-state index contributed by atoms with van der Waals surface area (Å²) in [4.78, 5) is 36.7. The molecule has 2 atom stereocenters. The Labute approximate surface area is 162 Å². The van der Waals surface area contributed by atoms with E-state index in [0.717, 1.165) is 38.3 Å². The second-order valence-corrected chi connectivity index (χ2v) is 8.08. The molecule has 0 aliphatic carbocycles. The van der Waals surface area contributed by atoms with E-state index in [0.29, 0.717) is 25.3 Å². The van der Waals surface area contributed by atoms with Gasteiger partial charge in [-0.2, -0.15) is 0 Å². The van der Waals surface area contributed by atoms with Gasteiger partial charge in [0.1, 0.15) is 0 Å². The molecule has 3 rings (SSSR count). The quantitative estimate of drug-likeness (QED) is 0.795. The molecule has 1 aromatic rings. The van der Waals surface area contributed by atoms with Gasteiger partial charge >= 0.3 is 0 Å². The van der Waals surface area contributed by atoms with Crippen molar-refractivity contribution in [2.24, 2.45) is 11.8 Å². The number of likely N-dealkylation sites (tertiary alicyclic amines) is 1. The molecule has 6 nitrogen and oxygen atoms in total. The van der Waals surface area contributed by atoms with Gasteiger partial charge in [0, 0.05) is 51.5 Å². The number of pyridine rings is 1. The molecular formula is C21H32N4O2. The molecule has 0 saturated carbocycles. The van der Waals surface area contributed by atoms with E-state index in [-0.39, 0.29) is 23.8 Å². The highest BCUT2D eigenvalue weighted by atomic mass is 16.2. The molecular weight excluding hydrogens is 340 g/mol. The monoisotopic (exact) mass is 372 g/mol. The molecule has 2 aliphatic rings. The van der Waals surface area contributed by atoms with Crippen LogP contribution in [0.15, 0.2) is 24.5 Å². The number of nitrogens with zero attached hydrogens (tertiary/aromatic N) is 4. The zero-order chi connectivity index (χ0) is 19.4. The number of hydrogen-bond acceptors (Lipinski definition) is 4. The minimum atomic E-state index is -0.209. The van der Waals surface area contributed by atoms with Gasteiger partial charge in [-0.3, -0.25) is 14.6 Å². The van der Waals surface area contributed by atoms with Gasteiger partial charge in [0.15, 0.2) is 0 Å². The van der Waals surface area contributed by atoms with Gasteiger partial charge in [0.05, 0.1) is 12.0 Å². The van der Waals surface area contributed by atoms with Crippen LogP contribution in [0, 0.1) is 11.8 Å². The van der Waals surface area contributed by atoms with Crippen LogP contribution < -0.4 is 0 Å². The van der Waals surface area contributed by atoms with Crippen LogP contribution >= 0.6 is 0 Å². The summed E-state index contributed by atoms with van der Waals surface area (Å²) in [5.41, 5.74) is 0.969. The van der Waals surface area contributed by atoms with Crippen molar-refractivity contribution in [2.45, 2.75) is 39.7 Å². The van der Waals surface area contributed by atoms with Crippen molar-refractivity contribution < 1.29 is 9.59 Å². The molecule has 1 aromatic heterocycles. The first-order valence-corrected chi connectivity index (χ1v) is 10.2. The van der Waals surface area contributed by atoms with E-state index in [2.05, 4.69) is 30.7 Å². The highest BCUT2D eigenvalue weighted by molar-refractivity contribution is 5.85. The van der Waals surface area contributed by atoms with Crippen LogP contribution in [0.4, 0.5) is 0 Å².